The number of carbonyl (C=O) groups excluding carboxylic acids is 1. The molecular weight excluding hydrogens is 464 g/mol. The molecule has 2 aromatic rings. The van der Waals surface area contributed by atoms with Crippen molar-refractivity contribution in [2.24, 2.45) is 5.92 Å². The fourth-order valence-electron chi connectivity index (χ4n) is 3.78. The molecule has 1 aromatic carbocycles. The number of aromatic nitrogens is 2. The maximum atomic E-state index is 11.4. The highest BCUT2D eigenvalue weighted by Crippen LogP contribution is 2.27. The van der Waals surface area contributed by atoms with E-state index in [-0.39, 0.29) is 23.5 Å². The topological polar surface area (TPSA) is 122 Å². The lowest BCUT2D eigenvalue weighted by atomic mass is 9.86. The lowest BCUT2D eigenvalue weighted by Gasteiger charge is -2.29. The minimum absolute atomic E-state index is 0.00345. The van der Waals surface area contributed by atoms with Gasteiger partial charge in [0.25, 0.3) is 0 Å². The van der Waals surface area contributed by atoms with Crippen molar-refractivity contribution in [1.82, 2.24) is 15.3 Å². The fraction of sp³-hybridized carbons (Fsp3) is 0.476. The highest BCUT2D eigenvalue weighted by molar-refractivity contribution is 9.10. The van der Waals surface area contributed by atoms with Gasteiger partial charge >= 0.3 is 5.69 Å². The van der Waals surface area contributed by atoms with Gasteiger partial charge in [-0.1, -0.05) is 28.1 Å². The molecule has 31 heavy (non-hydrogen) atoms. The summed E-state index contributed by atoms with van der Waals surface area (Å²) in [4.78, 5) is 30.6. The van der Waals surface area contributed by atoms with Crippen LogP contribution in [-0.2, 0) is 11.3 Å². The fourth-order valence-corrected chi connectivity index (χ4v) is 4.19. The van der Waals surface area contributed by atoms with Crippen LogP contribution in [0.4, 0.5) is 17.5 Å². The summed E-state index contributed by atoms with van der Waals surface area (Å²) in [7, 11) is 0. The van der Waals surface area contributed by atoms with E-state index < -0.39 is 4.92 Å². The molecule has 0 radical (unpaired) electrons. The number of amides is 1. The zero-order chi connectivity index (χ0) is 22.4. The third kappa shape index (κ3) is 6.36. The number of rotatable bonds is 8. The first-order valence-corrected chi connectivity index (χ1v) is 11.1. The van der Waals surface area contributed by atoms with E-state index in [1.54, 1.807) is 0 Å². The molecule has 0 atom stereocenters. The molecule has 3 rings (SSSR count). The van der Waals surface area contributed by atoms with Crippen molar-refractivity contribution in [2.75, 3.05) is 17.2 Å². The molecule has 1 saturated carbocycles. The van der Waals surface area contributed by atoms with E-state index in [1.807, 2.05) is 25.1 Å². The summed E-state index contributed by atoms with van der Waals surface area (Å²) in [6.45, 7) is 4.65. The largest absolute Gasteiger partial charge is 0.364 e. The van der Waals surface area contributed by atoms with Crippen LogP contribution < -0.4 is 16.0 Å². The van der Waals surface area contributed by atoms with E-state index in [0.717, 1.165) is 41.3 Å². The van der Waals surface area contributed by atoms with Crippen molar-refractivity contribution in [3.8, 4) is 0 Å². The van der Waals surface area contributed by atoms with Gasteiger partial charge in [-0.25, -0.2) is 4.98 Å². The lowest BCUT2D eigenvalue weighted by Crippen LogP contribution is -2.37. The highest BCUT2D eigenvalue weighted by atomic mass is 79.9. The summed E-state index contributed by atoms with van der Waals surface area (Å²) >= 11 is 3.52. The van der Waals surface area contributed by atoms with Crippen LogP contribution in [0, 0.1) is 23.0 Å². The monoisotopic (exact) mass is 490 g/mol. The zero-order valence-electron chi connectivity index (χ0n) is 17.7. The van der Waals surface area contributed by atoms with Gasteiger partial charge in [0.1, 0.15) is 6.20 Å². The van der Waals surface area contributed by atoms with Gasteiger partial charge in [0.15, 0.2) is 0 Å². The second kappa shape index (κ2) is 10.5. The number of hydrogen-bond acceptors (Lipinski definition) is 7. The van der Waals surface area contributed by atoms with Crippen LogP contribution >= 0.6 is 15.9 Å². The Bertz CT molecular complexity index is 947. The molecule has 1 amide bonds. The molecule has 1 aliphatic carbocycles. The van der Waals surface area contributed by atoms with Crippen molar-refractivity contribution in [2.45, 2.75) is 52.1 Å². The summed E-state index contributed by atoms with van der Waals surface area (Å²) in [5.41, 5.74) is 2.06. The molecule has 0 spiro atoms. The van der Waals surface area contributed by atoms with Crippen LogP contribution in [0.25, 0.3) is 0 Å². The smallest absolute Gasteiger partial charge is 0.329 e. The Balaban J connectivity index is 1.62. The van der Waals surface area contributed by atoms with Gasteiger partial charge in [0.05, 0.1) is 4.92 Å². The normalized spacial score (nSPS) is 18.3. The molecule has 1 heterocycles. The first kappa shape index (κ1) is 22.9. The molecule has 0 unspecified atom stereocenters. The maximum absolute atomic E-state index is 11.4. The predicted octanol–water partition coefficient (Wildman–Crippen LogP) is 4.17. The third-order valence-electron chi connectivity index (χ3n) is 5.60. The van der Waals surface area contributed by atoms with E-state index in [4.69, 9.17) is 0 Å². The molecule has 9 nitrogen and oxygen atoms in total. The Morgan fingerprint density at radius 3 is 2.68 bits per heavy atom. The Morgan fingerprint density at radius 2 is 2.00 bits per heavy atom. The van der Waals surface area contributed by atoms with Crippen molar-refractivity contribution in [3.63, 3.8) is 0 Å². The molecule has 1 aliphatic rings. The molecule has 1 aromatic heterocycles. The molecule has 0 bridgehead atoms. The standard InChI is InChI=1S/C21H27BrN6O3/c1-13-16(4-3-5-18(13)22)11-24-21-25-12-19(28(30)31)20(27-21)23-10-15-6-8-17(9-7-15)26-14(2)29/h3-5,12,15,17H,6-11H2,1-2H3,(H,26,29)(H2,23,24,25,27). The number of carbonyl (C=O) groups is 1. The number of anilines is 2. The van der Waals surface area contributed by atoms with E-state index in [1.165, 1.54) is 13.1 Å². The van der Waals surface area contributed by atoms with E-state index in [0.29, 0.717) is 25.0 Å². The van der Waals surface area contributed by atoms with Crippen LogP contribution in [0.2, 0.25) is 0 Å². The van der Waals surface area contributed by atoms with Crippen LogP contribution in [-0.4, -0.2) is 33.4 Å². The molecule has 1 fully saturated rings. The zero-order valence-corrected chi connectivity index (χ0v) is 19.2. The van der Waals surface area contributed by atoms with Gasteiger partial charge in [-0.2, -0.15) is 4.98 Å². The molecular formula is C21H27BrN6O3. The van der Waals surface area contributed by atoms with E-state index >= 15 is 0 Å². The van der Waals surface area contributed by atoms with Gasteiger partial charge in [-0.05, 0) is 55.7 Å². The quantitative estimate of drug-likeness (QED) is 0.374. The van der Waals surface area contributed by atoms with Gasteiger partial charge in [0, 0.05) is 30.5 Å². The Hall–Kier alpha value is -2.75. The Morgan fingerprint density at radius 1 is 1.26 bits per heavy atom. The summed E-state index contributed by atoms with van der Waals surface area (Å²) in [6, 6.07) is 6.17. The number of nitrogens with zero attached hydrogens (tertiary/aromatic N) is 3. The number of nitro groups is 1. The first-order chi connectivity index (χ1) is 14.8. The van der Waals surface area contributed by atoms with Crippen molar-refractivity contribution >= 4 is 39.3 Å². The third-order valence-corrected chi connectivity index (χ3v) is 6.45. The number of halogens is 1. The van der Waals surface area contributed by atoms with Gasteiger partial charge in [-0.15, -0.1) is 0 Å². The second-order valence-corrected chi connectivity index (χ2v) is 8.72. The molecule has 0 saturated heterocycles. The van der Waals surface area contributed by atoms with Crippen LogP contribution in [0.15, 0.2) is 28.9 Å². The van der Waals surface area contributed by atoms with Crippen LogP contribution in [0.3, 0.4) is 0 Å². The maximum Gasteiger partial charge on any atom is 0.329 e. The highest BCUT2D eigenvalue weighted by Gasteiger charge is 2.23. The summed E-state index contributed by atoms with van der Waals surface area (Å²) < 4.78 is 1.02. The first-order valence-electron chi connectivity index (χ1n) is 10.3. The van der Waals surface area contributed by atoms with Gasteiger partial charge < -0.3 is 16.0 Å². The molecule has 0 aliphatic heterocycles. The average molecular weight is 491 g/mol. The number of hydrogen-bond donors (Lipinski definition) is 3. The predicted molar refractivity (Wildman–Crippen MR) is 123 cm³/mol. The average Bonchev–Trinajstić information content (AvgIpc) is 2.74. The van der Waals surface area contributed by atoms with Crippen molar-refractivity contribution in [1.29, 1.82) is 0 Å². The van der Waals surface area contributed by atoms with Crippen molar-refractivity contribution in [3.05, 3.63) is 50.1 Å². The number of benzene rings is 1. The molecule has 166 valence electrons. The lowest BCUT2D eigenvalue weighted by molar-refractivity contribution is -0.384. The van der Waals surface area contributed by atoms with Gasteiger partial charge in [0.2, 0.25) is 17.7 Å². The van der Waals surface area contributed by atoms with E-state index in [9.17, 15) is 14.9 Å². The van der Waals surface area contributed by atoms with Gasteiger partial charge in [-0.3, -0.25) is 14.9 Å². The van der Waals surface area contributed by atoms with Crippen molar-refractivity contribution < 1.29 is 9.72 Å². The SMILES string of the molecule is CC(=O)NC1CCC(CNc2nc(NCc3cccc(Br)c3C)ncc2[N+](=O)[O-])CC1. The second-order valence-electron chi connectivity index (χ2n) is 7.86. The summed E-state index contributed by atoms with van der Waals surface area (Å²) in [5, 5.41) is 20.7. The number of nitrogens with one attached hydrogen (secondary N) is 3. The van der Waals surface area contributed by atoms with Crippen LogP contribution in [0.5, 0.6) is 0 Å². The Kier molecular flexibility index (Phi) is 7.78. The molecule has 10 heteroatoms. The van der Waals surface area contributed by atoms with E-state index in [2.05, 4.69) is 41.8 Å². The minimum Gasteiger partial charge on any atom is -0.364 e. The summed E-state index contributed by atoms with van der Waals surface area (Å²) in [6.07, 6.45) is 4.96. The van der Waals surface area contributed by atoms with Crippen LogP contribution in [0.1, 0.15) is 43.7 Å². The minimum atomic E-state index is -0.474. The summed E-state index contributed by atoms with van der Waals surface area (Å²) in [5.74, 6) is 0.927. The Labute approximate surface area is 189 Å². The molecule has 3 N–H and O–H groups in total.